The molecule has 0 saturated carbocycles. The second-order valence-electron chi connectivity index (χ2n) is 19.6. The van der Waals surface area contributed by atoms with E-state index in [1.165, 1.54) is 111 Å². The molecule has 4 aliphatic rings. The zero-order chi connectivity index (χ0) is 46.8. The van der Waals surface area contributed by atoms with Crippen LogP contribution in [0.15, 0.2) is 260 Å². The maximum atomic E-state index is 4.12. The molecule has 3 heteroatoms. The molecule has 71 heavy (non-hydrogen) atoms. The molecule has 0 spiro atoms. The van der Waals surface area contributed by atoms with Crippen molar-refractivity contribution in [2.75, 3.05) is 10.2 Å². The van der Waals surface area contributed by atoms with Crippen molar-refractivity contribution in [1.82, 2.24) is 5.32 Å². The Bertz CT molecular complexity index is 3720. The summed E-state index contributed by atoms with van der Waals surface area (Å²) in [5, 5.41) is 13.2. The molecule has 338 valence electrons. The van der Waals surface area contributed by atoms with E-state index in [2.05, 4.69) is 264 Å². The van der Waals surface area contributed by atoms with Crippen LogP contribution in [0.25, 0.3) is 60.5 Å². The van der Waals surface area contributed by atoms with Crippen LogP contribution in [0.2, 0.25) is 0 Å². The Hall–Kier alpha value is -8.50. The molecule has 10 aromatic rings. The van der Waals surface area contributed by atoms with Crippen molar-refractivity contribution in [2.24, 2.45) is 5.92 Å². The molecular formula is C68H51N3. The van der Waals surface area contributed by atoms with Gasteiger partial charge in [0, 0.05) is 22.7 Å². The Balaban J connectivity index is 0.842. The number of benzene rings is 10. The van der Waals surface area contributed by atoms with Gasteiger partial charge < -0.3 is 10.2 Å². The van der Waals surface area contributed by atoms with Gasteiger partial charge in [-0.05, 0) is 150 Å². The predicted octanol–water partition coefficient (Wildman–Crippen LogP) is 17.4. The Morgan fingerprint density at radius 2 is 1.04 bits per heavy atom. The van der Waals surface area contributed by atoms with Gasteiger partial charge in [-0.2, -0.15) is 0 Å². The summed E-state index contributed by atoms with van der Waals surface area (Å²) < 4.78 is 0. The summed E-state index contributed by atoms with van der Waals surface area (Å²) in [5.41, 5.74) is 21.6. The smallest absolute Gasteiger partial charge is 0.105 e. The van der Waals surface area contributed by atoms with Crippen LogP contribution in [0.4, 0.5) is 17.1 Å². The minimum absolute atomic E-state index is 0.0290. The van der Waals surface area contributed by atoms with E-state index in [4.69, 9.17) is 0 Å². The average molecular weight is 910 g/mol. The summed E-state index contributed by atoms with van der Waals surface area (Å²) >= 11 is 0. The van der Waals surface area contributed by atoms with E-state index in [0.29, 0.717) is 5.92 Å². The quantitative estimate of drug-likeness (QED) is 0.167. The van der Waals surface area contributed by atoms with Gasteiger partial charge in [0.25, 0.3) is 0 Å². The first-order valence-electron chi connectivity index (χ1n) is 25.2. The standard InChI is InChI=1S/C68H51N3/c1-4-17-44(18-5-1)50-41-51(45-19-6-2-7-20-45)43-52(42-50)46-33-35-49(36-34-46)67-60-25-12-13-31-61(60)69-68(70-67)59-30-15-28-57-55(59)27-16-32-62(57)71-63-39-37-48-23-10-11-24-54(48)65(63)66-58-29-14-26-53(47-21-8-3-9-22-47)56(58)38-40-64(66)71/h1-13,15-28,30-43,58,66-70H,14,29H2. The van der Waals surface area contributed by atoms with Crippen molar-refractivity contribution >= 4 is 44.2 Å². The molecule has 0 saturated heterocycles. The van der Waals surface area contributed by atoms with Crippen LogP contribution >= 0.6 is 0 Å². The molecule has 2 heterocycles. The zero-order valence-corrected chi connectivity index (χ0v) is 39.3. The number of anilines is 3. The summed E-state index contributed by atoms with van der Waals surface area (Å²) in [7, 11) is 0. The lowest BCUT2D eigenvalue weighted by Crippen LogP contribution is -2.37. The molecule has 4 unspecified atom stereocenters. The van der Waals surface area contributed by atoms with Crippen LogP contribution in [-0.4, -0.2) is 0 Å². The van der Waals surface area contributed by atoms with E-state index in [1.807, 2.05) is 0 Å². The minimum Gasteiger partial charge on any atom is -0.366 e. The summed E-state index contributed by atoms with van der Waals surface area (Å²) in [6.45, 7) is 0. The van der Waals surface area contributed by atoms with Crippen molar-refractivity contribution in [1.29, 1.82) is 0 Å². The van der Waals surface area contributed by atoms with Gasteiger partial charge in [0.1, 0.15) is 6.17 Å². The van der Waals surface area contributed by atoms with E-state index in [9.17, 15) is 0 Å². The minimum atomic E-state index is -0.142. The summed E-state index contributed by atoms with van der Waals surface area (Å²) in [6, 6.07) is 84.9. The Morgan fingerprint density at radius 1 is 0.437 bits per heavy atom. The van der Waals surface area contributed by atoms with Crippen LogP contribution in [0.5, 0.6) is 0 Å². The van der Waals surface area contributed by atoms with Crippen LogP contribution in [-0.2, 0) is 0 Å². The van der Waals surface area contributed by atoms with Crippen LogP contribution in [0.3, 0.4) is 0 Å². The number of rotatable bonds is 7. The highest BCUT2D eigenvalue weighted by molar-refractivity contribution is 6.04. The lowest BCUT2D eigenvalue weighted by Gasteiger charge is -2.37. The van der Waals surface area contributed by atoms with Crippen molar-refractivity contribution in [3.05, 3.63) is 288 Å². The lowest BCUT2D eigenvalue weighted by atomic mass is 9.69. The number of allylic oxidation sites excluding steroid dienone is 6. The van der Waals surface area contributed by atoms with Crippen molar-refractivity contribution in [3.63, 3.8) is 0 Å². The highest BCUT2D eigenvalue weighted by Gasteiger charge is 2.45. The SMILES string of the molecule is C1=C(c2ccccc2)C2=CC=C3C(c4c(ccc5ccccc45)N3c3cccc4c(C5Nc6ccccc6C(c6ccc(-c7cc(-c8ccccc8)cc(-c8ccccc8)c7)cc6)N5)cccc34)C2CC1. The molecule has 4 atom stereocenters. The van der Waals surface area contributed by atoms with Gasteiger partial charge in [0.05, 0.1) is 17.4 Å². The Morgan fingerprint density at radius 3 is 1.79 bits per heavy atom. The molecule has 14 rings (SSSR count). The van der Waals surface area contributed by atoms with Crippen molar-refractivity contribution in [2.45, 2.75) is 31.0 Å². The molecule has 10 aromatic carbocycles. The Kier molecular flexibility index (Phi) is 10.0. The van der Waals surface area contributed by atoms with E-state index >= 15 is 0 Å². The predicted molar refractivity (Wildman–Crippen MR) is 297 cm³/mol. The summed E-state index contributed by atoms with van der Waals surface area (Å²) in [5.74, 6) is 0.620. The lowest BCUT2D eigenvalue weighted by molar-refractivity contribution is 0.503. The molecule has 0 bridgehead atoms. The molecule has 3 nitrogen and oxygen atoms in total. The number of hydrogen-bond donors (Lipinski definition) is 2. The number of hydrogen-bond acceptors (Lipinski definition) is 3. The van der Waals surface area contributed by atoms with Gasteiger partial charge in [0.15, 0.2) is 0 Å². The fourth-order valence-corrected chi connectivity index (χ4v) is 12.4. The van der Waals surface area contributed by atoms with Gasteiger partial charge in [0.2, 0.25) is 0 Å². The fourth-order valence-electron chi connectivity index (χ4n) is 12.4. The highest BCUT2D eigenvalue weighted by Crippen LogP contribution is 2.60. The van der Waals surface area contributed by atoms with E-state index in [0.717, 1.165) is 18.5 Å². The number of nitrogens with zero attached hydrogens (tertiary/aromatic N) is 1. The van der Waals surface area contributed by atoms with Gasteiger partial charge >= 0.3 is 0 Å². The maximum absolute atomic E-state index is 4.12. The van der Waals surface area contributed by atoms with Crippen molar-refractivity contribution < 1.29 is 0 Å². The normalized spacial score (nSPS) is 18.9. The van der Waals surface area contributed by atoms with Crippen LogP contribution in [0, 0.1) is 5.92 Å². The largest absolute Gasteiger partial charge is 0.366 e. The van der Waals surface area contributed by atoms with Crippen molar-refractivity contribution in [3.8, 4) is 33.4 Å². The molecular weight excluding hydrogens is 859 g/mol. The maximum Gasteiger partial charge on any atom is 0.105 e. The number of fused-ring (bicyclic) bond motifs is 9. The third-order valence-corrected chi connectivity index (χ3v) is 15.6. The van der Waals surface area contributed by atoms with E-state index in [-0.39, 0.29) is 18.1 Å². The first-order valence-corrected chi connectivity index (χ1v) is 25.2. The first kappa shape index (κ1) is 41.5. The van der Waals surface area contributed by atoms with E-state index in [1.54, 1.807) is 0 Å². The molecule has 0 amide bonds. The molecule has 0 aromatic heterocycles. The summed E-state index contributed by atoms with van der Waals surface area (Å²) in [6.07, 6.45) is 9.41. The Labute approximate surface area is 415 Å². The molecule has 0 fully saturated rings. The third kappa shape index (κ3) is 7.07. The molecule has 2 N–H and O–H groups in total. The van der Waals surface area contributed by atoms with E-state index < -0.39 is 0 Å². The topological polar surface area (TPSA) is 27.3 Å². The highest BCUT2D eigenvalue weighted by atomic mass is 15.2. The molecule has 2 aliphatic carbocycles. The van der Waals surface area contributed by atoms with Crippen LogP contribution in [0.1, 0.15) is 58.8 Å². The second kappa shape index (κ2) is 17.2. The van der Waals surface area contributed by atoms with Gasteiger partial charge in [-0.1, -0.05) is 206 Å². The third-order valence-electron chi connectivity index (χ3n) is 15.6. The van der Waals surface area contributed by atoms with Gasteiger partial charge in [-0.3, -0.25) is 5.32 Å². The molecule has 2 aliphatic heterocycles. The average Bonchev–Trinajstić information content (AvgIpc) is 3.80. The van der Waals surface area contributed by atoms with Gasteiger partial charge in [-0.15, -0.1) is 0 Å². The first-order chi connectivity index (χ1) is 35.2. The molecule has 0 radical (unpaired) electrons. The van der Waals surface area contributed by atoms with Gasteiger partial charge in [-0.25, -0.2) is 0 Å². The fraction of sp³-hybridized carbons (Fsp3) is 0.0882. The zero-order valence-electron chi connectivity index (χ0n) is 39.3. The number of nitrogens with one attached hydrogen (secondary N) is 2. The van der Waals surface area contributed by atoms with Crippen LogP contribution < -0.4 is 15.5 Å². The summed E-state index contributed by atoms with van der Waals surface area (Å²) in [4.78, 5) is 2.60. The number of para-hydroxylation sites is 1. The monoisotopic (exact) mass is 909 g/mol. The second-order valence-corrected chi connectivity index (χ2v) is 19.6.